The number of carbonyl (C=O) groups excluding carboxylic acids is 2. The first-order valence-electron chi connectivity index (χ1n) is 11.5. The minimum absolute atomic E-state index is 0.0460. The summed E-state index contributed by atoms with van der Waals surface area (Å²) < 4.78 is 44.9. The summed E-state index contributed by atoms with van der Waals surface area (Å²) >= 11 is 0. The van der Waals surface area contributed by atoms with Crippen LogP contribution < -0.4 is 9.64 Å². The van der Waals surface area contributed by atoms with Gasteiger partial charge in [0.15, 0.2) is 0 Å². The van der Waals surface area contributed by atoms with E-state index in [0.717, 1.165) is 29.2 Å². The molecule has 1 aliphatic heterocycles. The number of aromatic hydroxyl groups is 1. The second kappa shape index (κ2) is 10.0. The van der Waals surface area contributed by atoms with Crippen LogP contribution in [0.2, 0.25) is 0 Å². The van der Waals surface area contributed by atoms with Crippen molar-refractivity contribution in [1.82, 2.24) is 0 Å². The van der Waals surface area contributed by atoms with Gasteiger partial charge < -0.3 is 14.9 Å². The summed E-state index contributed by atoms with van der Waals surface area (Å²) in [6.07, 6.45) is -4.58. The van der Waals surface area contributed by atoms with E-state index in [0.29, 0.717) is 23.8 Å². The Morgan fingerprint density at radius 1 is 0.946 bits per heavy atom. The van der Waals surface area contributed by atoms with Crippen molar-refractivity contribution in [3.05, 3.63) is 95.1 Å². The predicted molar refractivity (Wildman–Crippen MR) is 131 cm³/mol. The fraction of sp³-hybridized carbons (Fsp3) is 0.214. The fourth-order valence-electron chi connectivity index (χ4n) is 4.01. The molecule has 1 amide bonds. The number of aliphatic hydroxyl groups is 1. The first-order chi connectivity index (χ1) is 17.5. The molecule has 1 saturated heterocycles. The van der Waals surface area contributed by atoms with E-state index in [-0.39, 0.29) is 22.6 Å². The van der Waals surface area contributed by atoms with Crippen LogP contribution in [-0.4, -0.2) is 28.5 Å². The van der Waals surface area contributed by atoms with Crippen molar-refractivity contribution >= 4 is 23.1 Å². The van der Waals surface area contributed by atoms with Crippen LogP contribution in [0.3, 0.4) is 0 Å². The maximum Gasteiger partial charge on any atom is 0.416 e. The highest BCUT2D eigenvalue weighted by molar-refractivity contribution is 6.51. The first kappa shape index (κ1) is 25.8. The predicted octanol–water partition coefficient (Wildman–Crippen LogP) is 6.07. The van der Waals surface area contributed by atoms with Gasteiger partial charge in [0.1, 0.15) is 17.3 Å². The zero-order valence-corrected chi connectivity index (χ0v) is 20.0. The summed E-state index contributed by atoms with van der Waals surface area (Å²) in [4.78, 5) is 27.3. The number of nitrogens with zero attached hydrogens (tertiary/aromatic N) is 1. The van der Waals surface area contributed by atoms with Crippen LogP contribution in [0, 0.1) is 5.92 Å². The lowest BCUT2D eigenvalue weighted by molar-refractivity contribution is -0.137. The summed E-state index contributed by atoms with van der Waals surface area (Å²) in [5, 5.41) is 20.9. The molecule has 37 heavy (non-hydrogen) atoms. The Kier molecular flexibility index (Phi) is 6.98. The van der Waals surface area contributed by atoms with E-state index in [2.05, 4.69) is 0 Å². The van der Waals surface area contributed by atoms with Gasteiger partial charge in [-0.1, -0.05) is 26.0 Å². The van der Waals surface area contributed by atoms with E-state index in [1.54, 1.807) is 24.3 Å². The molecule has 2 N–H and O–H groups in total. The number of anilines is 1. The fourth-order valence-corrected chi connectivity index (χ4v) is 4.01. The third-order valence-electron chi connectivity index (χ3n) is 5.84. The van der Waals surface area contributed by atoms with Crippen LogP contribution in [0.4, 0.5) is 18.9 Å². The van der Waals surface area contributed by atoms with Crippen LogP contribution in [0.1, 0.15) is 36.6 Å². The molecule has 1 unspecified atom stereocenters. The average molecular weight is 511 g/mol. The number of aliphatic hydroxyl groups excluding tert-OH is 1. The van der Waals surface area contributed by atoms with E-state index in [1.165, 1.54) is 24.3 Å². The average Bonchev–Trinajstić information content (AvgIpc) is 3.13. The molecule has 1 heterocycles. The smallest absolute Gasteiger partial charge is 0.416 e. The van der Waals surface area contributed by atoms with E-state index in [1.807, 2.05) is 13.8 Å². The Hall–Kier alpha value is -4.27. The SMILES string of the molecule is CC(C)COc1ccc(/C(O)=C2\C(=O)C(=O)N(c3ccc(C(F)(F)F)cc3)C2c2ccc(O)cc2)cc1. The summed E-state index contributed by atoms with van der Waals surface area (Å²) in [7, 11) is 0. The van der Waals surface area contributed by atoms with Gasteiger partial charge in [-0.15, -0.1) is 0 Å². The lowest BCUT2D eigenvalue weighted by Gasteiger charge is -2.25. The number of benzene rings is 3. The molecule has 6 nitrogen and oxygen atoms in total. The summed E-state index contributed by atoms with van der Waals surface area (Å²) in [6.45, 7) is 4.49. The number of hydrogen-bond acceptors (Lipinski definition) is 5. The van der Waals surface area contributed by atoms with Crippen molar-refractivity contribution in [2.24, 2.45) is 5.92 Å². The van der Waals surface area contributed by atoms with Crippen LogP contribution in [0.25, 0.3) is 5.76 Å². The van der Waals surface area contributed by atoms with Crippen LogP contribution in [0.15, 0.2) is 78.4 Å². The zero-order valence-electron chi connectivity index (χ0n) is 20.0. The van der Waals surface area contributed by atoms with Gasteiger partial charge in [-0.3, -0.25) is 14.5 Å². The zero-order chi connectivity index (χ0) is 26.9. The largest absolute Gasteiger partial charge is 0.508 e. The number of amides is 1. The number of halogens is 3. The number of phenols is 1. The van der Waals surface area contributed by atoms with Gasteiger partial charge in [0, 0.05) is 11.3 Å². The Morgan fingerprint density at radius 2 is 1.54 bits per heavy atom. The standard InChI is InChI=1S/C28H24F3NO5/c1-16(2)15-37-22-13-5-18(6-14-22)25(34)23-24(17-3-11-21(33)12-4-17)32(27(36)26(23)35)20-9-7-19(8-10-20)28(29,30)31/h3-14,16,24,33-34H,15H2,1-2H3/b25-23+. The van der Waals surface area contributed by atoms with Crippen LogP contribution in [0.5, 0.6) is 11.5 Å². The molecule has 1 atom stereocenters. The first-order valence-corrected chi connectivity index (χ1v) is 11.5. The number of phenolic OH excluding ortho intramolecular Hbond substituents is 1. The van der Waals surface area contributed by atoms with Crippen molar-refractivity contribution in [3.8, 4) is 11.5 Å². The molecule has 0 radical (unpaired) electrons. The number of Topliss-reactive ketones (excluding diaryl/α,β-unsaturated/α-hetero) is 1. The molecule has 0 saturated carbocycles. The maximum absolute atomic E-state index is 13.2. The molecule has 0 aliphatic carbocycles. The summed E-state index contributed by atoms with van der Waals surface area (Å²) in [6, 6.07) is 14.7. The van der Waals surface area contributed by atoms with Crippen LogP contribution >= 0.6 is 0 Å². The van der Waals surface area contributed by atoms with Crippen molar-refractivity contribution in [3.63, 3.8) is 0 Å². The number of alkyl halides is 3. The number of hydrogen-bond donors (Lipinski definition) is 2. The van der Waals surface area contributed by atoms with E-state index in [4.69, 9.17) is 4.74 Å². The molecule has 0 bridgehead atoms. The Bertz CT molecular complexity index is 1330. The number of ether oxygens (including phenoxy) is 1. The van der Waals surface area contributed by atoms with Crippen molar-refractivity contribution < 1.29 is 37.7 Å². The Morgan fingerprint density at radius 3 is 2.08 bits per heavy atom. The molecule has 9 heteroatoms. The Balaban J connectivity index is 1.80. The monoisotopic (exact) mass is 511 g/mol. The minimum Gasteiger partial charge on any atom is -0.508 e. The number of ketones is 1. The molecule has 1 fully saturated rings. The van der Waals surface area contributed by atoms with Gasteiger partial charge in [0.25, 0.3) is 11.7 Å². The minimum atomic E-state index is -4.58. The normalized spacial score (nSPS) is 17.5. The van der Waals surface area contributed by atoms with Gasteiger partial charge in [-0.25, -0.2) is 0 Å². The van der Waals surface area contributed by atoms with Gasteiger partial charge in [0.05, 0.1) is 23.8 Å². The molecule has 3 aromatic carbocycles. The highest BCUT2D eigenvalue weighted by Gasteiger charge is 2.47. The number of rotatable bonds is 6. The quantitative estimate of drug-likeness (QED) is 0.238. The molecular formula is C28H24F3NO5. The van der Waals surface area contributed by atoms with Gasteiger partial charge in [0.2, 0.25) is 0 Å². The molecule has 3 aromatic rings. The van der Waals surface area contributed by atoms with E-state index >= 15 is 0 Å². The van der Waals surface area contributed by atoms with E-state index in [9.17, 15) is 33.0 Å². The number of carbonyl (C=O) groups is 2. The second-order valence-electron chi connectivity index (χ2n) is 9.03. The highest BCUT2D eigenvalue weighted by Crippen LogP contribution is 2.43. The van der Waals surface area contributed by atoms with Crippen molar-refractivity contribution in [2.75, 3.05) is 11.5 Å². The molecule has 0 spiro atoms. The highest BCUT2D eigenvalue weighted by atomic mass is 19.4. The molecule has 192 valence electrons. The molecule has 1 aliphatic rings. The third kappa shape index (κ3) is 5.30. The van der Waals surface area contributed by atoms with Crippen molar-refractivity contribution in [2.45, 2.75) is 26.1 Å². The maximum atomic E-state index is 13.2. The summed E-state index contributed by atoms with van der Waals surface area (Å²) in [5.41, 5.74) is -0.466. The third-order valence-corrected chi connectivity index (χ3v) is 5.84. The van der Waals surface area contributed by atoms with E-state index < -0.39 is 35.2 Å². The van der Waals surface area contributed by atoms with Gasteiger partial charge in [-0.05, 0) is 72.1 Å². The Labute approximate surface area is 211 Å². The second-order valence-corrected chi connectivity index (χ2v) is 9.03. The van der Waals surface area contributed by atoms with Gasteiger partial charge >= 0.3 is 6.18 Å². The lowest BCUT2D eigenvalue weighted by Crippen LogP contribution is -2.29. The molecule has 4 rings (SSSR count). The van der Waals surface area contributed by atoms with Crippen molar-refractivity contribution in [1.29, 1.82) is 0 Å². The summed E-state index contributed by atoms with van der Waals surface area (Å²) in [5.74, 6) is -1.63. The molecule has 0 aromatic heterocycles. The molecular weight excluding hydrogens is 487 g/mol. The topological polar surface area (TPSA) is 87.1 Å². The lowest BCUT2D eigenvalue weighted by atomic mass is 9.95. The van der Waals surface area contributed by atoms with Gasteiger partial charge in [-0.2, -0.15) is 13.2 Å². The van der Waals surface area contributed by atoms with Crippen LogP contribution in [-0.2, 0) is 15.8 Å².